The Labute approximate surface area is 160 Å². The number of carbonyl (C=O) groups is 1. The molecule has 0 saturated carbocycles. The maximum Gasteiger partial charge on any atom is 0.251 e. The van der Waals surface area contributed by atoms with E-state index >= 15 is 0 Å². The molecule has 2 aromatic rings. The number of phenolic OH excluding ortho intramolecular Hbond substituents is 1. The number of aliphatic hydroxyl groups excluding tert-OH is 1. The number of aryl methyl sites for hydroxylation is 1. The Kier molecular flexibility index (Phi) is 6.85. The number of likely N-dealkylation sites (tertiary alicyclic amines) is 1. The largest absolute Gasteiger partial charge is 0.508 e. The fourth-order valence-corrected chi connectivity index (χ4v) is 3.58. The Morgan fingerprint density at radius 1 is 1.11 bits per heavy atom. The molecule has 0 aromatic heterocycles. The van der Waals surface area contributed by atoms with Crippen LogP contribution < -0.4 is 5.32 Å². The van der Waals surface area contributed by atoms with E-state index in [4.69, 9.17) is 0 Å². The van der Waals surface area contributed by atoms with Gasteiger partial charge in [0, 0.05) is 24.6 Å². The fraction of sp³-hybridized carbons (Fsp3) is 0.409. The second-order valence-electron chi connectivity index (χ2n) is 7.26. The summed E-state index contributed by atoms with van der Waals surface area (Å²) in [5.74, 6) is 0.0468. The molecule has 1 aliphatic rings. The fourth-order valence-electron chi connectivity index (χ4n) is 3.58. The summed E-state index contributed by atoms with van der Waals surface area (Å²) < 4.78 is 0. The highest BCUT2D eigenvalue weighted by molar-refractivity contribution is 5.94. The van der Waals surface area contributed by atoms with Crippen molar-refractivity contribution < 1.29 is 15.0 Å². The lowest BCUT2D eigenvalue weighted by Crippen LogP contribution is -2.47. The lowest BCUT2D eigenvalue weighted by Gasteiger charge is -2.36. The van der Waals surface area contributed by atoms with Gasteiger partial charge in [-0.05, 0) is 62.2 Å². The number of aromatic hydroxyl groups is 1. The van der Waals surface area contributed by atoms with Crippen LogP contribution in [0.4, 0.5) is 0 Å². The van der Waals surface area contributed by atoms with Crippen LogP contribution >= 0.6 is 0 Å². The van der Waals surface area contributed by atoms with E-state index in [1.807, 2.05) is 6.07 Å². The van der Waals surface area contributed by atoms with E-state index < -0.39 is 6.10 Å². The first-order chi connectivity index (χ1) is 13.1. The molecule has 5 nitrogen and oxygen atoms in total. The zero-order chi connectivity index (χ0) is 19.1. The average molecular weight is 368 g/mol. The minimum Gasteiger partial charge on any atom is -0.508 e. The third-order valence-electron chi connectivity index (χ3n) is 5.24. The Bertz CT molecular complexity index is 718. The van der Waals surface area contributed by atoms with Crippen LogP contribution in [0.15, 0.2) is 54.6 Å². The van der Waals surface area contributed by atoms with Gasteiger partial charge in [0.05, 0.1) is 6.10 Å². The summed E-state index contributed by atoms with van der Waals surface area (Å²) in [7, 11) is 0. The number of hydrogen-bond acceptors (Lipinski definition) is 4. The summed E-state index contributed by atoms with van der Waals surface area (Å²) in [5, 5.41) is 22.6. The molecular weight excluding hydrogens is 340 g/mol. The van der Waals surface area contributed by atoms with Crippen LogP contribution in [0.3, 0.4) is 0 Å². The van der Waals surface area contributed by atoms with Crippen LogP contribution in [0, 0.1) is 5.92 Å². The average Bonchev–Trinajstić information content (AvgIpc) is 2.68. The van der Waals surface area contributed by atoms with Crippen molar-refractivity contribution in [2.75, 3.05) is 26.2 Å². The minimum atomic E-state index is -0.421. The zero-order valence-corrected chi connectivity index (χ0v) is 15.6. The molecule has 3 rings (SSSR count). The molecule has 0 unspecified atom stereocenters. The third kappa shape index (κ3) is 5.81. The number of benzene rings is 2. The SMILES string of the molecule is O=C(NC[C@@H]1CCN(CCCc2ccccc2)C[C@H]1O)c1ccc(O)cc1. The molecular formula is C22H28N2O3. The molecule has 0 spiro atoms. The quantitative estimate of drug-likeness (QED) is 0.702. The van der Waals surface area contributed by atoms with E-state index in [1.165, 1.54) is 17.7 Å². The molecule has 0 aliphatic carbocycles. The van der Waals surface area contributed by atoms with Crippen LogP contribution in [0.5, 0.6) is 5.75 Å². The monoisotopic (exact) mass is 368 g/mol. The van der Waals surface area contributed by atoms with Crippen LogP contribution in [-0.2, 0) is 6.42 Å². The molecule has 3 N–H and O–H groups in total. The number of aliphatic hydroxyl groups is 1. The van der Waals surface area contributed by atoms with Gasteiger partial charge in [0.25, 0.3) is 5.91 Å². The van der Waals surface area contributed by atoms with Gasteiger partial charge in [-0.3, -0.25) is 4.79 Å². The highest BCUT2D eigenvalue weighted by Gasteiger charge is 2.27. The molecule has 144 valence electrons. The first kappa shape index (κ1) is 19.4. The number of hydrogen-bond donors (Lipinski definition) is 3. The van der Waals surface area contributed by atoms with Gasteiger partial charge in [0.15, 0.2) is 0 Å². The lowest BCUT2D eigenvalue weighted by molar-refractivity contribution is 0.0218. The molecule has 2 aromatic carbocycles. The van der Waals surface area contributed by atoms with Gasteiger partial charge in [-0.2, -0.15) is 0 Å². The van der Waals surface area contributed by atoms with Crippen molar-refractivity contribution in [2.45, 2.75) is 25.4 Å². The minimum absolute atomic E-state index is 0.0800. The second-order valence-corrected chi connectivity index (χ2v) is 7.26. The predicted molar refractivity (Wildman–Crippen MR) is 106 cm³/mol. The normalized spacial score (nSPS) is 20.3. The summed E-state index contributed by atoms with van der Waals surface area (Å²) in [5.41, 5.74) is 1.87. The Morgan fingerprint density at radius 3 is 2.56 bits per heavy atom. The van der Waals surface area contributed by atoms with E-state index in [-0.39, 0.29) is 17.6 Å². The second kappa shape index (κ2) is 9.53. The van der Waals surface area contributed by atoms with Gasteiger partial charge in [0.1, 0.15) is 5.75 Å². The molecule has 27 heavy (non-hydrogen) atoms. The standard InChI is InChI=1S/C22H28N2O3/c25-20-10-8-18(9-11-20)22(27)23-15-19-12-14-24(16-21(19)26)13-4-7-17-5-2-1-3-6-17/h1-3,5-6,8-11,19,21,25-26H,4,7,12-16H2,(H,23,27)/t19-,21+/m0/s1. The summed E-state index contributed by atoms with van der Waals surface area (Å²) in [6.07, 6.45) is 2.59. The van der Waals surface area contributed by atoms with Gasteiger partial charge < -0.3 is 20.4 Å². The Hall–Kier alpha value is -2.37. The molecule has 1 saturated heterocycles. The molecule has 0 radical (unpaired) electrons. The zero-order valence-electron chi connectivity index (χ0n) is 15.6. The molecule has 1 aliphatic heterocycles. The van der Waals surface area contributed by atoms with Gasteiger partial charge in [-0.15, -0.1) is 0 Å². The molecule has 2 atom stereocenters. The van der Waals surface area contributed by atoms with E-state index in [1.54, 1.807) is 12.1 Å². The summed E-state index contributed by atoms with van der Waals surface area (Å²) >= 11 is 0. The van der Waals surface area contributed by atoms with Gasteiger partial charge in [-0.1, -0.05) is 30.3 Å². The highest BCUT2D eigenvalue weighted by Crippen LogP contribution is 2.18. The molecule has 1 amide bonds. The number of β-amino-alcohol motifs (C(OH)–C–C–N with tert-alkyl or cyclic N) is 1. The van der Waals surface area contributed by atoms with Crippen molar-refractivity contribution in [3.8, 4) is 5.75 Å². The Balaban J connectivity index is 1.38. The van der Waals surface area contributed by atoms with Crippen molar-refractivity contribution in [3.05, 3.63) is 65.7 Å². The predicted octanol–water partition coefficient (Wildman–Crippen LogP) is 2.44. The molecule has 0 bridgehead atoms. The summed E-state index contributed by atoms with van der Waals surface area (Å²) in [4.78, 5) is 14.5. The van der Waals surface area contributed by atoms with Crippen molar-refractivity contribution >= 4 is 5.91 Å². The van der Waals surface area contributed by atoms with E-state index in [9.17, 15) is 15.0 Å². The number of nitrogens with zero attached hydrogens (tertiary/aromatic N) is 1. The summed E-state index contributed by atoms with van der Waals surface area (Å²) in [6.45, 7) is 3.07. The number of nitrogens with one attached hydrogen (secondary N) is 1. The first-order valence-electron chi connectivity index (χ1n) is 9.63. The maximum absolute atomic E-state index is 12.2. The van der Waals surface area contributed by atoms with Crippen molar-refractivity contribution in [3.63, 3.8) is 0 Å². The molecule has 1 heterocycles. The first-order valence-corrected chi connectivity index (χ1v) is 9.63. The van der Waals surface area contributed by atoms with E-state index in [0.29, 0.717) is 18.7 Å². The number of piperidine rings is 1. The van der Waals surface area contributed by atoms with Crippen molar-refractivity contribution in [1.29, 1.82) is 0 Å². The van der Waals surface area contributed by atoms with Gasteiger partial charge >= 0.3 is 0 Å². The molecule has 1 fully saturated rings. The third-order valence-corrected chi connectivity index (χ3v) is 5.24. The van der Waals surface area contributed by atoms with Crippen molar-refractivity contribution in [1.82, 2.24) is 10.2 Å². The van der Waals surface area contributed by atoms with Crippen molar-refractivity contribution in [2.24, 2.45) is 5.92 Å². The van der Waals surface area contributed by atoms with Crippen LogP contribution in [0.1, 0.15) is 28.8 Å². The van der Waals surface area contributed by atoms with Crippen LogP contribution in [0.2, 0.25) is 0 Å². The van der Waals surface area contributed by atoms with E-state index in [2.05, 4.69) is 34.5 Å². The van der Waals surface area contributed by atoms with Gasteiger partial charge in [0.2, 0.25) is 0 Å². The maximum atomic E-state index is 12.2. The number of amides is 1. The number of rotatable bonds is 7. The van der Waals surface area contributed by atoms with E-state index in [0.717, 1.165) is 32.4 Å². The van der Waals surface area contributed by atoms with Gasteiger partial charge in [-0.25, -0.2) is 0 Å². The summed E-state index contributed by atoms with van der Waals surface area (Å²) in [6, 6.07) is 16.6. The smallest absolute Gasteiger partial charge is 0.251 e. The molecule has 5 heteroatoms. The topological polar surface area (TPSA) is 72.8 Å². The number of carbonyl (C=O) groups excluding carboxylic acids is 1. The number of phenols is 1. The highest BCUT2D eigenvalue weighted by atomic mass is 16.3. The van der Waals surface area contributed by atoms with Crippen LogP contribution in [-0.4, -0.2) is 53.3 Å². The Morgan fingerprint density at radius 2 is 1.85 bits per heavy atom. The van der Waals surface area contributed by atoms with Crippen LogP contribution in [0.25, 0.3) is 0 Å². The lowest BCUT2D eigenvalue weighted by atomic mass is 9.93.